The molecule has 2 aromatic carbocycles. The van der Waals surface area contributed by atoms with Crippen molar-refractivity contribution >= 4 is 33.0 Å². The molecule has 1 N–H and O–H groups in total. The number of hydrogen-bond acceptors (Lipinski definition) is 8. The molecule has 0 radical (unpaired) electrons. The number of benzene rings is 2. The number of hydrogen-bond donors (Lipinski definition) is 1. The predicted molar refractivity (Wildman–Crippen MR) is 125 cm³/mol. The number of aliphatic carboxylic acids is 1. The molecule has 3 heterocycles. The van der Waals surface area contributed by atoms with Crippen molar-refractivity contribution in [3.8, 4) is 11.1 Å². The SMILES string of the molecule is O=C(O)[C@H]1CN(c2cnc3cncnc3n2)CCN1S(=O)(=O)c1ccc(-c2ccccc2)cc1. The quantitative estimate of drug-likeness (QED) is 0.460. The van der Waals surface area contributed by atoms with Crippen LogP contribution in [0.15, 0.2) is 78.2 Å². The zero-order valence-electron chi connectivity index (χ0n) is 17.9. The molecule has 0 bridgehead atoms. The van der Waals surface area contributed by atoms with Crippen LogP contribution in [0.5, 0.6) is 0 Å². The van der Waals surface area contributed by atoms with Gasteiger partial charge in [-0.05, 0) is 23.3 Å². The van der Waals surface area contributed by atoms with Crippen LogP contribution in [0.1, 0.15) is 0 Å². The van der Waals surface area contributed by atoms with Crippen LogP contribution in [-0.2, 0) is 14.8 Å². The van der Waals surface area contributed by atoms with Gasteiger partial charge in [0.2, 0.25) is 10.0 Å². The summed E-state index contributed by atoms with van der Waals surface area (Å²) in [4.78, 5) is 30.5. The molecule has 1 aliphatic rings. The molecule has 1 atom stereocenters. The summed E-state index contributed by atoms with van der Waals surface area (Å²) >= 11 is 0. The molecule has 0 spiro atoms. The monoisotopic (exact) mass is 476 g/mol. The van der Waals surface area contributed by atoms with E-state index in [1.54, 1.807) is 17.0 Å². The lowest BCUT2D eigenvalue weighted by Gasteiger charge is -2.38. The van der Waals surface area contributed by atoms with Gasteiger partial charge >= 0.3 is 5.97 Å². The smallest absolute Gasteiger partial charge is 0.323 e. The summed E-state index contributed by atoms with van der Waals surface area (Å²) in [6, 6.07) is 14.8. The number of sulfonamides is 1. The first-order chi connectivity index (χ1) is 16.4. The summed E-state index contributed by atoms with van der Waals surface area (Å²) in [6.07, 6.45) is 4.40. The number of aromatic nitrogens is 4. The standard InChI is InChI=1S/C23H20N6O4S/c30-23(31)20-14-28(21-13-25-19-12-24-15-26-22(19)27-21)10-11-29(20)34(32,33)18-8-6-17(7-9-18)16-4-2-1-3-5-16/h1-9,12-13,15,20H,10-11,14H2,(H,30,31)/t20-/m1/s1. The van der Waals surface area contributed by atoms with Gasteiger partial charge < -0.3 is 10.0 Å². The Labute approximate surface area is 195 Å². The maximum atomic E-state index is 13.4. The lowest BCUT2D eigenvalue weighted by Crippen LogP contribution is -2.58. The lowest BCUT2D eigenvalue weighted by molar-refractivity contribution is -0.141. The molecular weight excluding hydrogens is 456 g/mol. The second kappa shape index (κ2) is 8.76. The normalized spacial score (nSPS) is 17.1. The van der Waals surface area contributed by atoms with Crippen molar-refractivity contribution in [1.82, 2.24) is 24.2 Å². The first-order valence-electron chi connectivity index (χ1n) is 10.5. The van der Waals surface area contributed by atoms with Crippen molar-refractivity contribution in [2.45, 2.75) is 10.9 Å². The van der Waals surface area contributed by atoms with Gasteiger partial charge in [-0.25, -0.2) is 28.4 Å². The van der Waals surface area contributed by atoms with E-state index in [1.165, 1.54) is 30.9 Å². The number of rotatable bonds is 5. The van der Waals surface area contributed by atoms with E-state index in [4.69, 9.17) is 0 Å². The van der Waals surface area contributed by atoms with Crippen LogP contribution in [0.25, 0.3) is 22.3 Å². The van der Waals surface area contributed by atoms with Crippen molar-refractivity contribution in [2.75, 3.05) is 24.5 Å². The van der Waals surface area contributed by atoms with Crippen LogP contribution in [-0.4, -0.2) is 69.4 Å². The van der Waals surface area contributed by atoms with E-state index >= 15 is 0 Å². The van der Waals surface area contributed by atoms with Crippen LogP contribution < -0.4 is 4.90 Å². The van der Waals surface area contributed by atoms with Gasteiger partial charge in [0.1, 0.15) is 23.7 Å². The van der Waals surface area contributed by atoms with Crippen molar-refractivity contribution in [3.05, 3.63) is 73.3 Å². The van der Waals surface area contributed by atoms with Crippen molar-refractivity contribution < 1.29 is 18.3 Å². The number of nitrogens with zero attached hydrogens (tertiary/aromatic N) is 6. The fourth-order valence-corrected chi connectivity index (χ4v) is 5.52. The molecule has 4 aromatic rings. The maximum Gasteiger partial charge on any atom is 0.323 e. The van der Waals surface area contributed by atoms with Gasteiger partial charge in [0, 0.05) is 19.6 Å². The molecule has 1 saturated heterocycles. The van der Waals surface area contributed by atoms with Gasteiger partial charge in [-0.15, -0.1) is 0 Å². The maximum absolute atomic E-state index is 13.4. The largest absolute Gasteiger partial charge is 0.480 e. The Hall–Kier alpha value is -3.96. The second-order valence-electron chi connectivity index (χ2n) is 7.77. The van der Waals surface area contributed by atoms with E-state index in [0.29, 0.717) is 17.0 Å². The Morgan fingerprint density at radius 3 is 2.41 bits per heavy atom. The number of carboxylic acid groups (broad SMARTS) is 1. The highest BCUT2D eigenvalue weighted by atomic mass is 32.2. The average Bonchev–Trinajstić information content (AvgIpc) is 2.88. The molecule has 10 nitrogen and oxygen atoms in total. The zero-order valence-corrected chi connectivity index (χ0v) is 18.7. The van der Waals surface area contributed by atoms with E-state index in [0.717, 1.165) is 15.4 Å². The van der Waals surface area contributed by atoms with Gasteiger partial charge in [0.25, 0.3) is 0 Å². The zero-order chi connectivity index (χ0) is 23.7. The van der Waals surface area contributed by atoms with Crippen LogP contribution in [0.2, 0.25) is 0 Å². The van der Waals surface area contributed by atoms with Crippen LogP contribution in [0.4, 0.5) is 5.82 Å². The highest BCUT2D eigenvalue weighted by Crippen LogP contribution is 2.27. The third kappa shape index (κ3) is 4.06. The van der Waals surface area contributed by atoms with Crippen LogP contribution in [0.3, 0.4) is 0 Å². The van der Waals surface area contributed by atoms with Crippen LogP contribution >= 0.6 is 0 Å². The number of anilines is 1. The molecule has 5 rings (SSSR count). The van der Waals surface area contributed by atoms with Crippen molar-refractivity contribution in [3.63, 3.8) is 0 Å². The van der Waals surface area contributed by atoms with Gasteiger partial charge in [0.05, 0.1) is 17.3 Å². The van der Waals surface area contributed by atoms with E-state index in [9.17, 15) is 18.3 Å². The fraction of sp³-hybridized carbons (Fsp3) is 0.174. The third-order valence-corrected chi connectivity index (χ3v) is 7.64. The molecule has 1 fully saturated rings. The van der Waals surface area contributed by atoms with E-state index in [-0.39, 0.29) is 24.5 Å². The molecule has 0 aliphatic carbocycles. The molecule has 0 unspecified atom stereocenters. The summed E-state index contributed by atoms with van der Waals surface area (Å²) in [5.41, 5.74) is 2.73. The number of carbonyl (C=O) groups is 1. The number of carboxylic acids is 1. The second-order valence-corrected chi connectivity index (χ2v) is 9.66. The Bertz CT molecular complexity index is 1450. The predicted octanol–water partition coefficient (Wildman–Crippen LogP) is 2.05. The minimum absolute atomic E-state index is 0.0107. The first-order valence-corrected chi connectivity index (χ1v) is 12.0. The Morgan fingerprint density at radius 2 is 1.68 bits per heavy atom. The molecule has 34 heavy (non-hydrogen) atoms. The highest BCUT2D eigenvalue weighted by Gasteiger charge is 2.40. The van der Waals surface area contributed by atoms with Crippen molar-refractivity contribution in [1.29, 1.82) is 0 Å². The minimum Gasteiger partial charge on any atom is -0.480 e. The van der Waals surface area contributed by atoms with Gasteiger partial charge in [-0.2, -0.15) is 4.31 Å². The van der Waals surface area contributed by atoms with E-state index < -0.39 is 22.0 Å². The Morgan fingerprint density at radius 1 is 0.941 bits per heavy atom. The van der Waals surface area contributed by atoms with Crippen molar-refractivity contribution in [2.24, 2.45) is 0 Å². The third-order valence-electron chi connectivity index (χ3n) is 5.72. The van der Waals surface area contributed by atoms with Crippen LogP contribution in [0, 0.1) is 0 Å². The minimum atomic E-state index is -4.03. The van der Waals surface area contributed by atoms with E-state index in [1.807, 2.05) is 30.3 Å². The molecule has 0 saturated carbocycles. The molecule has 11 heteroatoms. The topological polar surface area (TPSA) is 129 Å². The molecule has 172 valence electrons. The summed E-state index contributed by atoms with van der Waals surface area (Å²) < 4.78 is 27.8. The molecular formula is C23H20N6O4S. The molecule has 2 aromatic heterocycles. The van der Waals surface area contributed by atoms with E-state index in [2.05, 4.69) is 19.9 Å². The Balaban J connectivity index is 1.40. The first kappa shape index (κ1) is 21.9. The summed E-state index contributed by atoms with van der Waals surface area (Å²) in [5.74, 6) is -0.799. The van der Waals surface area contributed by atoms with Gasteiger partial charge in [-0.3, -0.25) is 4.79 Å². The summed E-state index contributed by atoms with van der Waals surface area (Å²) in [7, 11) is -4.03. The Kier molecular flexibility index (Phi) is 5.64. The molecule has 0 amide bonds. The summed E-state index contributed by atoms with van der Waals surface area (Å²) in [5, 5.41) is 9.86. The number of piperazine rings is 1. The lowest BCUT2D eigenvalue weighted by atomic mass is 10.1. The summed E-state index contributed by atoms with van der Waals surface area (Å²) in [6.45, 7) is 0.182. The number of fused-ring (bicyclic) bond motifs is 1. The molecule has 1 aliphatic heterocycles. The fourth-order valence-electron chi connectivity index (χ4n) is 3.96. The average molecular weight is 477 g/mol. The van der Waals surface area contributed by atoms with Gasteiger partial charge in [-0.1, -0.05) is 42.5 Å². The van der Waals surface area contributed by atoms with Gasteiger partial charge in [0.15, 0.2) is 5.65 Å². The highest BCUT2D eigenvalue weighted by molar-refractivity contribution is 7.89.